The van der Waals surface area contributed by atoms with Crippen LogP contribution in [-0.4, -0.2) is 137 Å². The van der Waals surface area contributed by atoms with E-state index in [0.29, 0.717) is 50.7 Å². The molecule has 5 fully saturated rings. The second kappa shape index (κ2) is 14.1. The molecule has 5 atom stereocenters. The van der Waals surface area contributed by atoms with Crippen molar-refractivity contribution in [1.29, 1.82) is 0 Å². The third kappa shape index (κ3) is 7.54. The maximum Gasteiger partial charge on any atom is 0.252 e. The number of carbonyl (C=O) groups excluding carboxylic acids is 3. The zero-order valence-electron chi connectivity index (χ0n) is 28.9. The molecule has 9 nitrogen and oxygen atoms in total. The number of benzene rings is 1. The van der Waals surface area contributed by atoms with Crippen LogP contribution in [0.2, 0.25) is 5.02 Å². The molecular weight excluding hydrogens is 640 g/mol. The van der Waals surface area contributed by atoms with Crippen LogP contribution in [0.1, 0.15) is 77.2 Å². The molecule has 0 bridgehead atoms. The first-order valence-electron chi connectivity index (χ1n) is 17.8. The van der Waals surface area contributed by atoms with E-state index in [4.69, 9.17) is 16.3 Å². The molecule has 1 aromatic rings. The van der Waals surface area contributed by atoms with Crippen LogP contribution in [0.4, 0.5) is 8.78 Å². The molecule has 1 aliphatic carbocycles. The number of likely N-dealkylation sites (tertiary alicyclic amines) is 2. The van der Waals surface area contributed by atoms with Crippen molar-refractivity contribution in [3.05, 3.63) is 34.9 Å². The van der Waals surface area contributed by atoms with E-state index in [1.807, 2.05) is 36.2 Å². The quantitative estimate of drug-likeness (QED) is 0.438. The minimum atomic E-state index is -2.75. The van der Waals surface area contributed by atoms with E-state index in [0.717, 1.165) is 25.1 Å². The van der Waals surface area contributed by atoms with E-state index in [1.165, 1.54) is 0 Å². The fourth-order valence-electron chi connectivity index (χ4n) is 8.49. The van der Waals surface area contributed by atoms with Gasteiger partial charge in [-0.1, -0.05) is 23.7 Å². The second-order valence-electron chi connectivity index (χ2n) is 15.7. The number of ether oxygens (including phenoxy) is 1. The fraction of sp³-hybridized carbons (Fsp3) is 0.750. The maximum atomic E-state index is 14.9. The van der Waals surface area contributed by atoms with Crippen molar-refractivity contribution in [3.63, 3.8) is 0 Å². The summed E-state index contributed by atoms with van der Waals surface area (Å²) in [5, 5.41) is 0.629. The Kier molecular flexibility index (Phi) is 10.4. The number of likely N-dealkylation sites (N-methyl/N-ethyl adjacent to an activating group) is 1. The SMILES string of the molecule is CN1CCN(C(=O)[C@@H]2C[C@H](N(C(=O)C3CCCO3)C3CCC(F)(F)CC3)CN2C(=O)[C@@H]2CN(C(C)(C)C)C[C@H]2c2ccc(Cl)cc2)CC1. The highest BCUT2D eigenvalue weighted by atomic mass is 35.5. The predicted molar refractivity (Wildman–Crippen MR) is 180 cm³/mol. The molecule has 0 spiro atoms. The second-order valence-corrected chi connectivity index (χ2v) is 16.1. The molecule has 5 aliphatic rings. The number of rotatable bonds is 6. The largest absolute Gasteiger partial charge is 0.368 e. The number of amides is 3. The van der Waals surface area contributed by atoms with Gasteiger partial charge in [0, 0.05) is 87.8 Å². The van der Waals surface area contributed by atoms with Crippen molar-refractivity contribution < 1.29 is 27.9 Å². The molecule has 0 aromatic heterocycles. The molecule has 12 heteroatoms. The topological polar surface area (TPSA) is 76.6 Å². The highest BCUT2D eigenvalue weighted by Gasteiger charge is 2.52. The van der Waals surface area contributed by atoms with Gasteiger partial charge in [-0.05, 0) is 77.6 Å². The van der Waals surface area contributed by atoms with Gasteiger partial charge < -0.3 is 24.3 Å². The summed E-state index contributed by atoms with van der Waals surface area (Å²) in [4.78, 5) is 53.3. The van der Waals surface area contributed by atoms with Gasteiger partial charge in [-0.15, -0.1) is 0 Å². The Morgan fingerprint density at radius 3 is 2.19 bits per heavy atom. The Bertz CT molecular complexity index is 1320. The van der Waals surface area contributed by atoms with Gasteiger partial charge >= 0.3 is 0 Å². The summed E-state index contributed by atoms with van der Waals surface area (Å²) >= 11 is 6.24. The normalized spacial score (nSPS) is 30.6. The molecule has 0 radical (unpaired) electrons. The Hall–Kier alpha value is -2.34. The van der Waals surface area contributed by atoms with Crippen molar-refractivity contribution in [2.45, 2.75) is 107 Å². The minimum Gasteiger partial charge on any atom is -0.368 e. The van der Waals surface area contributed by atoms with Gasteiger partial charge in [0.2, 0.25) is 17.7 Å². The van der Waals surface area contributed by atoms with Gasteiger partial charge in [0.05, 0.1) is 12.0 Å². The lowest BCUT2D eigenvalue weighted by molar-refractivity contribution is -0.150. The molecule has 0 N–H and O–H groups in total. The van der Waals surface area contributed by atoms with Crippen LogP contribution < -0.4 is 0 Å². The van der Waals surface area contributed by atoms with Crippen LogP contribution in [-0.2, 0) is 19.1 Å². The van der Waals surface area contributed by atoms with E-state index in [1.54, 1.807) is 9.80 Å². The Labute approximate surface area is 288 Å². The van der Waals surface area contributed by atoms with Crippen LogP contribution in [0.5, 0.6) is 0 Å². The van der Waals surface area contributed by atoms with Crippen molar-refractivity contribution >= 4 is 29.3 Å². The summed E-state index contributed by atoms with van der Waals surface area (Å²) in [7, 11) is 2.03. The monoisotopic (exact) mass is 691 g/mol. The standard InChI is InChI=1S/C36H52ClF2N5O4/c1-35(2,3)42-22-28(24-7-9-25(37)10-8-24)29(23-42)32(45)43-21-27(20-30(43)33(46)41-17-15-40(4)16-18-41)44(34(47)31-6-5-19-48-31)26-11-13-36(38,39)14-12-26/h7-10,26-31H,5-6,11-23H2,1-4H3/t27-,28-,29+,30-,31?/m0/s1. The van der Waals surface area contributed by atoms with Crippen LogP contribution in [0.3, 0.4) is 0 Å². The van der Waals surface area contributed by atoms with E-state index in [-0.39, 0.29) is 67.4 Å². The van der Waals surface area contributed by atoms with Gasteiger partial charge in [0.15, 0.2) is 0 Å². The van der Waals surface area contributed by atoms with E-state index >= 15 is 0 Å². The average molecular weight is 692 g/mol. The first-order valence-corrected chi connectivity index (χ1v) is 18.2. The number of hydrogen-bond donors (Lipinski definition) is 0. The molecule has 4 saturated heterocycles. The Morgan fingerprint density at radius 2 is 1.58 bits per heavy atom. The molecule has 6 rings (SSSR count). The zero-order chi connectivity index (χ0) is 34.4. The van der Waals surface area contributed by atoms with Gasteiger partial charge in [-0.25, -0.2) is 8.78 Å². The predicted octanol–water partition coefficient (Wildman–Crippen LogP) is 4.48. The zero-order valence-corrected chi connectivity index (χ0v) is 29.6. The van der Waals surface area contributed by atoms with Gasteiger partial charge in [0.1, 0.15) is 12.1 Å². The van der Waals surface area contributed by atoms with E-state index in [9.17, 15) is 23.2 Å². The molecule has 1 aromatic carbocycles. The number of nitrogens with zero attached hydrogens (tertiary/aromatic N) is 5. The van der Waals surface area contributed by atoms with Crippen LogP contribution in [0.25, 0.3) is 0 Å². The summed E-state index contributed by atoms with van der Waals surface area (Å²) in [5.41, 5.74) is 0.857. The fourth-order valence-corrected chi connectivity index (χ4v) is 8.62. The Balaban J connectivity index is 1.33. The molecule has 1 unspecified atom stereocenters. The van der Waals surface area contributed by atoms with Gasteiger partial charge in [-0.2, -0.15) is 0 Å². The van der Waals surface area contributed by atoms with Gasteiger partial charge in [-0.3, -0.25) is 19.3 Å². The number of piperazine rings is 1. The van der Waals surface area contributed by atoms with E-state index in [2.05, 4.69) is 30.6 Å². The molecule has 3 amide bonds. The summed E-state index contributed by atoms with van der Waals surface area (Å²) < 4.78 is 34.5. The molecule has 48 heavy (non-hydrogen) atoms. The van der Waals surface area contributed by atoms with Gasteiger partial charge in [0.25, 0.3) is 5.91 Å². The smallest absolute Gasteiger partial charge is 0.252 e. The number of halogens is 3. The van der Waals surface area contributed by atoms with Crippen LogP contribution in [0.15, 0.2) is 24.3 Å². The van der Waals surface area contributed by atoms with E-state index < -0.39 is 30.0 Å². The molecule has 1 saturated carbocycles. The first kappa shape index (κ1) is 35.5. The van der Waals surface area contributed by atoms with Crippen molar-refractivity contribution in [2.24, 2.45) is 5.92 Å². The lowest BCUT2D eigenvalue weighted by Gasteiger charge is -2.41. The van der Waals surface area contributed by atoms with Crippen molar-refractivity contribution in [2.75, 3.05) is 59.5 Å². The number of carbonyl (C=O) groups is 3. The highest BCUT2D eigenvalue weighted by molar-refractivity contribution is 6.30. The first-order chi connectivity index (χ1) is 22.7. The molecule has 4 aliphatic heterocycles. The average Bonchev–Trinajstić information content (AvgIpc) is 3.82. The lowest BCUT2D eigenvalue weighted by atomic mass is 9.87. The third-order valence-electron chi connectivity index (χ3n) is 11.5. The van der Waals surface area contributed by atoms with Crippen molar-refractivity contribution in [3.8, 4) is 0 Å². The third-order valence-corrected chi connectivity index (χ3v) is 11.7. The number of hydrogen-bond acceptors (Lipinski definition) is 6. The summed E-state index contributed by atoms with van der Waals surface area (Å²) in [6.07, 6.45) is 0.857. The minimum absolute atomic E-state index is 0.0867. The maximum absolute atomic E-state index is 14.9. The lowest BCUT2D eigenvalue weighted by Crippen LogP contribution is -2.54. The highest BCUT2D eigenvalue weighted by Crippen LogP contribution is 2.41. The van der Waals surface area contributed by atoms with Crippen LogP contribution >= 0.6 is 11.6 Å². The summed E-state index contributed by atoms with van der Waals surface area (Å²) in [6, 6.07) is 6.10. The van der Waals surface area contributed by atoms with Crippen LogP contribution in [0, 0.1) is 5.92 Å². The van der Waals surface area contributed by atoms with Crippen molar-refractivity contribution in [1.82, 2.24) is 24.5 Å². The summed E-state index contributed by atoms with van der Waals surface area (Å²) in [6.45, 7) is 11.0. The molecular formula is C36H52ClF2N5O4. The molecule has 4 heterocycles. The molecule has 266 valence electrons. The number of alkyl halides is 2. The summed E-state index contributed by atoms with van der Waals surface area (Å²) in [5.74, 6) is -3.61. The Morgan fingerprint density at radius 1 is 0.917 bits per heavy atom.